The zero-order valence-corrected chi connectivity index (χ0v) is 15.2. The number of likely N-dealkylation sites (tertiary alicyclic amines) is 1. The van der Waals surface area contributed by atoms with E-state index in [1.165, 1.54) is 4.90 Å². The molecule has 1 aliphatic rings. The van der Waals surface area contributed by atoms with Crippen molar-refractivity contribution in [3.8, 4) is 0 Å². The first kappa shape index (κ1) is 19.1. The number of ether oxygens (including phenoxy) is 1. The molecule has 0 N–H and O–H groups in total. The van der Waals surface area contributed by atoms with Gasteiger partial charge in [0.1, 0.15) is 11.8 Å². The van der Waals surface area contributed by atoms with E-state index in [4.69, 9.17) is 4.74 Å². The monoisotopic (exact) mass is 371 g/mol. The summed E-state index contributed by atoms with van der Waals surface area (Å²) in [4.78, 5) is 27.3. The standard InChI is InChI=1S/C15H21N3O6S/c1-15(2,3)24-14(19)17-8-4-5-12(10-17)25(22,23)13-7-6-11(9-16-13)18(20)21/h6-7,9,12H,4-5,8,10H2,1-3H3/t12-/m1/s1. The highest BCUT2D eigenvalue weighted by molar-refractivity contribution is 7.92. The highest BCUT2D eigenvalue weighted by Crippen LogP contribution is 2.25. The zero-order valence-electron chi connectivity index (χ0n) is 14.3. The molecule has 1 aromatic heterocycles. The van der Waals surface area contributed by atoms with E-state index in [0.29, 0.717) is 19.4 Å². The summed E-state index contributed by atoms with van der Waals surface area (Å²) < 4.78 is 30.7. The molecule has 25 heavy (non-hydrogen) atoms. The molecule has 2 heterocycles. The van der Waals surface area contributed by atoms with Gasteiger partial charge in [-0.15, -0.1) is 0 Å². The Labute approximate surface area is 146 Å². The van der Waals surface area contributed by atoms with E-state index in [9.17, 15) is 23.3 Å². The number of hydrogen-bond donors (Lipinski definition) is 0. The lowest BCUT2D eigenvalue weighted by Gasteiger charge is -2.33. The molecule has 0 bridgehead atoms. The second-order valence-corrected chi connectivity index (χ2v) is 9.02. The maximum atomic E-state index is 12.7. The van der Waals surface area contributed by atoms with E-state index in [2.05, 4.69) is 4.98 Å². The third-order valence-electron chi connectivity index (χ3n) is 3.69. The van der Waals surface area contributed by atoms with Crippen molar-refractivity contribution in [1.82, 2.24) is 9.88 Å². The highest BCUT2D eigenvalue weighted by Gasteiger charge is 2.36. The largest absolute Gasteiger partial charge is 0.444 e. The molecule has 1 saturated heterocycles. The number of nitro groups is 1. The fourth-order valence-electron chi connectivity index (χ4n) is 2.50. The van der Waals surface area contributed by atoms with Gasteiger partial charge in [0.25, 0.3) is 5.69 Å². The van der Waals surface area contributed by atoms with Crippen LogP contribution in [0.1, 0.15) is 33.6 Å². The van der Waals surface area contributed by atoms with Crippen molar-refractivity contribution >= 4 is 21.6 Å². The van der Waals surface area contributed by atoms with Crippen molar-refractivity contribution < 1.29 is 22.9 Å². The van der Waals surface area contributed by atoms with E-state index in [-0.39, 0.29) is 17.3 Å². The van der Waals surface area contributed by atoms with E-state index in [1.807, 2.05) is 0 Å². The van der Waals surface area contributed by atoms with Crippen molar-refractivity contribution in [2.45, 2.75) is 49.5 Å². The number of amides is 1. The average Bonchev–Trinajstić information content (AvgIpc) is 2.53. The molecule has 0 aliphatic carbocycles. The second kappa shape index (κ2) is 6.95. The van der Waals surface area contributed by atoms with Gasteiger partial charge >= 0.3 is 6.09 Å². The first-order valence-corrected chi connectivity index (χ1v) is 9.37. The lowest BCUT2D eigenvalue weighted by molar-refractivity contribution is -0.385. The van der Waals surface area contributed by atoms with Crippen LogP contribution in [0.2, 0.25) is 0 Å². The van der Waals surface area contributed by atoms with E-state index >= 15 is 0 Å². The zero-order chi connectivity index (χ0) is 18.8. The SMILES string of the molecule is CC(C)(C)OC(=O)N1CCC[C@@H](S(=O)(=O)c2ccc([N+](=O)[O-])cn2)C1. The fraction of sp³-hybridized carbons (Fsp3) is 0.600. The van der Waals surface area contributed by atoms with Gasteiger partial charge in [-0.25, -0.2) is 18.2 Å². The van der Waals surface area contributed by atoms with Crippen molar-refractivity contribution in [3.63, 3.8) is 0 Å². The average molecular weight is 371 g/mol. The Balaban J connectivity index is 2.16. The second-order valence-electron chi connectivity index (χ2n) is 6.85. The topological polar surface area (TPSA) is 120 Å². The summed E-state index contributed by atoms with van der Waals surface area (Å²) >= 11 is 0. The normalized spacial score (nSPS) is 18.7. The Kier molecular flexibility index (Phi) is 5.31. The number of piperidine rings is 1. The number of hydrogen-bond acceptors (Lipinski definition) is 7. The minimum Gasteiger partial charge on any atom is -0.444 e. The lowest BCUT2D eigenvalue weighted by Crippen LogP contribution is -2.47. The first-order chi connectivity index (χ1) is 11.5. The van der Waals surface area contributed by atoms with Crippen LogP contribution in [-0.2, 0) is 14.6 Å². The van der Waals surface area contributed by atoms with Crippen LogP contribution in [0, 0.1) is 10.1 Å². The smallest absolute Gasteiger partial charge is 0.410 e. The van der Waals surface area contributed by atoms with Crippen LogP contribution < -0.4 is 0 Å². The van der Waals surface area contributed by atoms with Crippen molar-refractivity contribution in [2.24, 2.45) is 0 Å². The van der Waals surface area contributed by atoms with Crippen LogP contribution in [0.25, 0.3) is 0 Å². The molecule has 0 unspecified atom stereocenters. The van der Waals surface area contributed by atoms with Gasteiger partial charge in [-0.3, -0.25) is 10.1 Å². The Morgan fingerprint density at radius 3 is 2.60 bits per heavy atom. The van der Waals surface area contributed by atoms with Crippen LogP contribution in [-0.4, -0.2) is 53.3 Å². The quantitative estimate of drug-likeness (QED) is 0.590. The van der Waals surface area contributed by atoms with Crippen LogP contribution >= 0.6 is 0 Å². The Morgan fingerprint density at radius 2 is 2.08 bits per heavy atom. The molecule has 0 spiro atoms. The third kappa shape index (κ3) is 4.65. The number of nitrogens with zero attached hydrogens (tertiary/aromatic N) is 3. The van der Waals surface area contributed by atoms with Crippen LogP contribution in [0.4, 0.5) is 10.5 Å². The molecule has 1 atom stereocenters. The van der Waals surface area contributed by atoms with Gasteiger partial charge in [0.15, 0.2) is 14.9 Å². The van der Waals surface area contributed by atoms with Crippen LogP contribution in [0.5, 0.6) is 0 Å². The summed E-state index contributed by atoms with van der Waals surface area (Å²) in [7, 11) is -3.80. The lowest BCUT2D eigenvalue weighted by atomic mass is 10.1. The molecule has 0 aromatic carbocycles. The highest BCUT2D eigenvalue weighted by atomic mass is 32.2. The summed E-state index contributed by atoms with van der Waals surface area (Å²) in [6, 6.07) is 2.23. The molecule has 0 radical (unpaired) electrons. The number of rotatable bonds is 3. The van der Waals surface area contributed by atoms with Crippen molar-refractivity contribution in [3.05, 3.63) is 28.4 Å². The molecule has 138 valence electrons. The van der Waals surface area contributed by atoms with Gasteiger partial charge in [-0.1, -0.05) is 0 Å². The number of sulfone groups is 1. The number of aromatic nitrogens is 1. The molecule has 1 aromatic rings. The molecule has 1 amide bonds. The molecule has 1 fully saturated rings. The van der Waals surface area contributed by atoms with Gasteiger partial charge in [0.2, 0.25) is 0 Å². The summed E-state index contributed by atoms with van der Waals surface area (Å²) in [6.45, 7) is 5.65. The van der Waals surface area contributed by atoms with Gasteiger partial charge in [0, 0.05) is 19.2 Å². The molecule has 2 rings (SSSR count). The van der Waals surface area contributed by atoms with Gasteiger partial charge in [-0.2, -0.15) is 0 Å². The van der Waals surface area contributed by atoms with Gasteiger partial charge in [-0.05, 0) is 39.7 Å². The van der Waals surface area contributed by atoms with Gasteiger partial charge < -0.3 is 9.64 Å². The fourth-order valence-corrected chi connectivity index (χ4v) is 4.16. The van der Waals surface area contributed by atoms with Gasteiger partial charge in [0.05, 0.1) is 10.2 Å². The minimum absolute atomic E-state index is 0.00984. The number of carbonyl (C=O) groups is 1. The molecule has 9 nitrogen and oxygen atoms in total. The van der Waals surface area contributed by atoms with E-state index < -0.39 is 31.7 Å². The maximum Gasteiger partial charge on any atom is 0.410 e. The van der Waals surface area contributed by atoms with Crippen molar-refractivity contribution in [1.29, 1.82) is 0 Å². The molecular formula is C15H21N3O6S. The summed E-state index contributed by atoms with van der Waals surface area (Å²) in [5.74, 6) is 0. The molecule has 0 saturated carbocycles. The predicted octanol–water partition coefficient (Wildman–Crippen LogP) is 2.16. The summed E-state index contributed by atoms with van der Waals surface area (Å²) in [5.41, 5.74) is -0.944. The number of pyridine rings is 1. The summed E-state index contributed by atoms with van der Waals surface area (Å²) in [5, 5.41) is 9.61. The Bertz CT molecular complexity index is 754. The van der Waals surface area contributed by atoms with E-state index in [1.54, 1.807) is 20.8 Å². The first-order valence-electron chi connectivity index (χ1n) is 7.83. The number of carbonyl (C=O) groups excluding carboxylic acids is 1. The summed E-state index contributed by atoms with van der Waals surface area (Å²) in [6.07, 6.45) is 1.28. The molecular weight excluding hydrogens is 350 g/mol. The van der Waals surface area contributed by atoms with Crippen molar-refractivity contribution in [2.75, 3.05) is 13.1 Å². The maximum absolute atomic E-state index is 12.7. The Morgan fingerprint density at radius 1 is 1.40 bits per heavy atom. The predicted molar refractivity (Wildman–Crippen MR) is 88.9 cm³/mol. The minimum atomic E-state index is -3.80. The Hall–Kier alpha value is -2.23. The van der Waals surface area contributed by atoms with Crippen LogP contribution in [0.3, 0.4) is 0 Å². The third-order valence-corrected chi connectivity index (χ3v) is 5.78. The molecule has 10 heteroatoms. The van der Waals surface area contributed by atoms with E-state index in [0.717, 1.165) is 18.3 Å². The molecule has 1 aliphatic heterocycles. The van der Waals surface area contributed by atoms with Crippen LogP contribution in [0.15, 0.2) is 23.4 Å².